The topological polar surface area (TPSA) is 209 Å². The first kappa shape index (κ1) is 53.2. The lowest BCUT2D eigenvalue weighted by molar-refractivity contribution is 0.0504. The number of nitrogens with one attached hydrogen (secondary N) is 1. The number of carbonyl (C=O) groups is 2. The predicted molar refractivity (Wildman–Crippen MR) is 250 cm³/mol. The molecular weight excluding hydrogens is 928 g/mol. The van der Waals surface area contributed by atoms with E-state index >= 15 is 0 Å². The van der Waals surface area contributed by atoms with Gasteiger partial charge in [0.15, 0.2) is 10.1 Å². The van der Waals surface area contributed by atoms with Gasteiger partial charge in [0, 0.05) is 63.1 Å². The highest BCUT2D eigenvalue weighted by molar-refractivity contribution is 8.13. The van der Waals surface area contributed by atoms with Gasteiger partial charge in [-0.25, -0.2) is 26.4 Å². The Morgan fingerprint density at radius 2 is 0.866 bits per heavy atom. The highest BCUT2D eigenvalue weighted by atomic mass is 35.7. The number of sulfonamides is 1. The van der Waals surface area contributed by atoms with Crippen molar-refractivity contribution in [2.24, 2.45) is 14.1 Å². The van der Waals surface area contributed by atoms with Crippen LogP contribution < -0.4 is 24.3 Å². The zero-order valence-electron chi connectivity index (χ0n) is 38.5. The molecule has 0 spiro atoms. The third-order valence-electron chi connectivity index (χ3n) is 9.55. The molecule has 0 saturated carbocycles. The van der Waals surface area contributed by atoms with E-state index in [0.717, 1.165) is 46.5 Å². The number of halogens is 1. The van der Waals surface area contributed by atoms with E-state index in [2.05, 4.69) is 39.8 Å². The van der Waals surface area contributed by atoms with Gasteiger partial charge in [0.05, 0.1) is 41.7 Å². The van der Waals surface area contributed by atoms with Crippen molar-refractivity contribution >= 4 is 41.7 Å². The monoisotopic (exact) mass is 982 g/mol. The lowest BCUT2D eigenvalue weighted by Crippen LogP contribution is -2.30. The maximum Gasteiger partial charge on any atom is 0.356 e. The second-order valence-corrected chi connectivity index (χ2v) is 18.5. The van der Waals surface area contributed by atoms with Gasteiger partial charge in [-0.2, -0.15) is 14.5 Å². The van der Waals surface area contributed by atoms with Gasteiger partial charge in [-0.3, -0.25) is 9.36 Å². The number of carbonyl (C=O) groups excluding carboxylic acids is 2. The number of aryl methyl sites for hydroxylation is 2. The van der Waals surface area contributed by atoms with Crippen LogP contribution in [-0.2, 0) is 68.8 Å². The van der Waals surface area contributed by atoms with Crippen LogP contribution in [0.5, 0.6) is 23.0 Å². The van der Waals surface area contributed by atoms with Crippen molar-refractivity contribution in [2.75, 3.05) is 41.7 Å². The third-order valence-corrected chi connectivity index (χ3v) is 12.4. The van der Waals surface area contributed by atoms with Crippen molar-refractivity contribution in [3.63, 3.8) is 0 Å². The molecule has 0 fully saturated rings. The molecule has 6 rings (SSSR count). The molecule has 4 aromatic carbocycles. The number of esters is 2. The van der Waals surface area contributed by atoms with Crippen LogP contribution in [0.2, 0.25) is 0 Å². The number of benzene rings is 4. The van der Waals surface area contributed by atoms with Crippen molar-refractivity contribution < 1.29 is 54.8 Å². The molecule has 2 aromatic heterocycles. The molecule has 0 aliphatic rings. The molecule has 0 radical (unpaired) electrons. The molecule has 21 heteroatoms. The number of nitrogens with zero attached hydrogens (tertiary/aromatic N) is 5. The van der Waals surface area contributed by atoms with E-state index in [1.807, 2.05) is 24.3 Å². The van der Waals surface area contributed by atoms with Crippen molar-refractivity contribution in [2.45, 2.75) is 50.1 Å². The largest absolute Gasteiger partial charge is 0.497 e. The summed E-state index contributed by atoms with van der Waals surface area (Å²) in [4.78, 5) is 23.4. The summed E-state index contributed by atoms with van der Waals surface area (Å²) in [6.45, 7) is 5.59. The van der Waals surface area contributed by atoms with E-state index in [9.17, 15) is 26.4 Å². The first-order chi connectivity index (χ1) is 31.9. The van der Waals surface area contributed by atoms with E-state index < -0.39 is 31.0 Å². The van der Waals surface area contributed by atoms with Crippen LogP contribution in [0, 0.1) is 0 Å². The zero-order valence-corrected chi connectivity index (χ0v) is 40.9. The predicted octanol–water partition coefficient (Wildman–Crippen LogP) is 6.52. The number of methoxy groups -OCH3 is 4. The summed E-state index contributed by atoms with van der Waals surface area (Å²) < 4.78 is 83.0. The normalized spacial score (nSPS) is 11.1. The maximum absolute atomic E-state index is 13.6. The van der Waals surface area contributed by atoms with Crippen LogP contribution in [0.15, 0.2) is 119 Å². The van der Waals surface area contributed by atoms with Crippen molar-refractivity contribution in [3.05, 3.63) is 143 Å². The minimum Gasteiger partial charge on any atom is -0.497 e. The highest BCUT2D eigenvalue weighted by Gasteiger charge is 2.30. The van der Waals surface area contributed by atoms with Crippen LogP contribution >= 0.6 is 10.7 Å². The summed E-state index contributed by atoms with van der Waals surface area (Å²) in [5, 5.41) is 10.5. The number of hydrogen-bond acceptors (Lipinski definition) is 15. The van der Waals surface area contributed by atoms with Gasteiger partial charge in [0.2, 0.25) is 0 Å². The van der Waals surface area contributed by atoms with Gasteiger partial charge < -0.3 is 33.7 Å². The summed E-state index contributed by atoms with van der Waals surface area (Å²) in [7, 11) is 6.52. The first-order valence-electron chi connectivity index (χ1n) is 20.6. The Balaban J connectivity index is 0.000000243. The lowest BCUT2D eigenvalue weighted by Gasteiger charge is -2.21. The second kappa shape index (κ2) is 25.5. The fraction of sp³-hybridized carbons (Fsp3) is 0.304. The average molecular weight is 984 g/mol. The Hall–Kier alpha value is -6.45. The Morgan fingerprint density at radius 1 is 0.552 bits per heavy atom. The first-order valence-corrected chi connectivity index (χ1v) is 24.3. The number of hydrogen-bond donors (Lipinski definition) is 1. The fourth-order valence-electron chi connectivity index (χ4n) is 5.98. The molecule has 67 heavy (non-hydrogen) atoms. The van der Waals surface area contributed by atoms with Gasteiger partial charge in [-0.1, -0.05) is 48.5 Å². The van der Waals surface area contributed by atoms with Crippen molar-refractivity contribution in [1.82, 2.24) is 29.2 Å². The standard InChI is InChI=1S/C23H27N3O6S.C16H19NO2.C7H9ClN2O4S/c1-5-32-23(27)21-14-22(24-25(21)2)33(28,29)26(15-17-6-10-19(30-3)11-7-17)16-18-8-12-20(31-4)13-9-18;1-18-15-7-3-13(4-8-15)11-17-12-14-5-9-16(19-2)10-6-14;1-3-14-7(11)5-4-6(9-10(5)2)15(8,12)13/h6-14H,5,15-16H2,1-4H3;3-10,17H,11-12H2,1-2H3;4H,3H2,1-2H3. The maximum atomic E-state index is 13.6. The Bertz CT molecular complexity index is 2630. The molecule has 2 heterocycles. The Morgan fingerprint density at radius 3 is 1.16 bits per heavy atom. The summed E-state index contributed by atoms with van der Waals surface area (Å²) >= 11 is 0. The molecule has 0 saturated heterocycles. The SMILES string of the molecule is CCOC(=O)c1cc(S(=O)(=O)Cl)nn1C.CCOC(=O)c1cc(S(=O)(=O)N(Cc2ccc(OC)cc2)Cc2ccc(OC)cc2)nn1C.COc1ccc(CNCc2ccc(OC)cc2)cc1. The molecule has 1 N–H and O–H groups in total. The van der Waals surface area contributed by atoms with E-state index in [1.165, 1.54) is 40.3 Å². The highest BCUT2D eigenvalue weighted by Crippen LogP contribution is 2.24. The molecule has 0 atom stereocenters. The van der Waals surface area contributed by atoms with Gasteiger partial charge in [-0.05, 0) is 84.6 Å². The Kier molecular flexibility index (Phi) is 20.2. The third kappa shape index (κ3) is 15.9. The van der Waals surface area contributed by atoms with E-state index in [0.29, 0.717) is 11.5 Å². The quantitative estimate of drug-likeness (QED) is 0.0677. The number of aromatic nitrogens is 4. The minimum atomic E-state index is -4.05. The average Bonchev–Trinajstić information content (AvgIpc) is 3.93. The Labute approximate surface area is 395 Å². The van der Waals surface area contributed by atoms with Crippen LogP contribution in [0.1, 0.15) is 57.1 Å². The van der Waals surface area contributed by atoms with Crippen LogP contribution in [-0.4, -0.2) is 94.3 Å². The van der Waals surface area contributed by atoms with Crippen molar-refractivity contribution in [3.8, 4) is 23.0 Å². The summed E-state index contributed by atoms with van der Waals surface area (Å²) in [6, 6.07) is 32.8. The molecule has 0 amide bonds. The molecule has 0 aliphatic carbocycles. The molecule has 0 aliphatic heterocycles. The van der Waals surface area contributed by atoms with Crippen molar-refractivity contribution in [1.29, 1.82) is 0 Å². The lowest BCUT2D eigenvalue weighted by atomic mass is 10.2. The second-order valence-electron chi connectivity index (χ2n) is 14.1. The molecule has 6 aromatic rings. The molecule has 0 unspecified atom stereocenters. The van der Waals surface area contributed by atoms with Crippen LogP contribution in [0.25, 0.3) is 0 Å². The number of ether oxygens (including phenoxy) is 6. The zero-order chi connectivity index (χ0) is 49.1. The van der Waals surface area contributed by atoms with E-state index in [1.54, 1.807) is 90.8 Å². The molecular formula is C46H55ClN6O12S2. The van der Waals surface area contributed by atoms with Gasteiger partial charge in [0.25, 0.3) is 19.1 Å². The van der Waals surface area contributed by atoms with Gasteiger partial charge in [-0.15, -0.1) is 0 Å². The smallest absolute Gasteiger partial charge is 0.356 e. The molecule has 18 nitrogen and oxygen atoms in total. The minimum absolute atomic E-state index is 0.0380. The van der Waals surface area contributed by atoms with E-state index in [4.69, 9.17) is 39.1 Å². The summed E-state index contributed by atoms with van der Waals surface area (Å²) in [5.41, 5.74) is 4.13. The fourth-order valence-corrected chi connectivity index (χ4v) is 8.07. The van der Waals surface area contributed by atoms with Crippen LogP contribution in [0.3, 0.4) is 0 Å². The number of rotatable bonds is 19. The molecule has 360 valence electrons. The van der Waals surface area contributed by atoms with Crippen LogP contribution in [0.4, 0.5) is 0 Å². The molecule has 0 bridgehead atoms. The van der Waals surface area contributed by atoms with Gasteiger partial charge >= 0.3 is 11.9 Å². The van der Waals surface area contributed by atoms with E-state index in [-0.39, 0.29) is 47.7 Å². The summed E-state index contributed by atoms with van der Waals surface area (Å²) in [5.74, 6) is 1.85. The van der Waals surface area contributed by atoms with Gasteiger partial charge in [0.1, 0.15) is 34.4 Å². The summed E-state index contributed by atoms with van der Waals surface area (Å²) in [6.07, 6.45) is 0.